The van der Waals surface area contributed by atoms with Crippen molar-refractivity contribution in [2.24, 2.45) is 0 Å². The second kappa shape index (κ2) is 8.36. The molecule has 1 aromatic carbocycles. The van der Waals surface area contributed by atoms with Gasteiger partial charge in [0.05, 0.1) is 0 Å². The first kappa shape index (κ1) is 17.9. The number of nitrogens with zero attached hydrogens (tertiary/aromatic N) is 1. The quantitative estimate of drug-likeness (QED) is 0.766. The van der Waals surface area contributed by atoms with E-state index in [1.807, 2.05) is 12.1 Å². The molecule has 1 amide bonds. The molecule has 0 heterocycles. The lowest BCUT2D eigenvalue weighted by Crippen LogP contribution is -2.42. The average molecular weight is 378 g/mol. The summed E-state index contributed by atoms with van der Waals surface area (Å²) in [4.78, 5) is 23.9. The molecule has 1 unspecified atom stereocenters. The fourth-order valence-corrected chi connectivity index (χ4v) is 2.54. The van der Waals surface area contributed by atoms with Crippen molar-refractivity contribution in [1.29, 1.82) is 0 Å². The first-order valence-corrected chi connectivity index (χ1v) is 7.63. The molecule has 2 N–H and O–H groups in total. The van der Waals surface area contributed by atoms with Crippen LogP contribution in [0.3, 0.4) is 0 Å². The highest BCUT2D eigenvalue weighted by Gasteiger charge is 2.21. The molecule has 0 aromatic heterocycles. The van der Waals surface area contributed by atoms with Crippen LogP contribution in [0.4, 0.5) is 0 Å². The van der Waals surface area contributed by atoms with Crippen molar-refractivity contribution in [3.8, 4) is 0 Å². The van der Waals surface area contributed by atoms with E-state index in [0.29, 0.717) is 24.7 Å². The second-order valence-electron chi connectivity index (χ2n) is 4.70. The van der Waals surface area contributed by atoms with Crippen LogP contribution in [0.25, 0.3) is 0 Å². The van der Waals surface area contributed by atoms with Gasteiger partial charge in [0.1, 0.15) is 6.04 Å². The zero-order valence-electron chi connectivity index (χ0n) is 11.9. The Balaban J connectivity index is 2.80. The van der Waals surface area contributed by atoms with Gasteiger partial charge in [-0.3, -0.25) is 14.5 Å². The van der Waals surface area contributed by atoms with Gasteiger partial charge in [0, 0.05) is 36.1 Å². The molecule has 0 radical (unpaired) electrons. The summed E-state index contributed by atoms with van der Waals surface area (Å²) >= 11 is 9.50. The van der Waals surface area contributed by atoms with Gasteiger partial charge in [-0.1, -0.05) is 33.6 Å². The Kier molecular flexibility index (Phi) is 7.14. The predicted octanol–water partition coefficient (Wildman–Crippen LogP) is 2.51. The number of benzene rings is 1. The van der Waals surface area contributed by atoms with Crippen molar-refractivity contribution in [2.75, 3.05) is 13.1 Å². The third-order valence-electron chi connectivity index (χ3n) is 3.07. The predicted molar refractivity (Wildman–Crippen MR) is 85.3 cm³/mol. The van der Waals surface area contributed by atoms with Gasteiger partial charge >= 0.3 is 5.97 Å². The summed E-state index contributed by atoms with van der Waals surface area (Å²) in [5.41, 5.74) is 0.843. The van der Waals surface area contributed by atoms with Crippen LogP contribution in [-0.2, 0) is 16.1 Å². The zero-order chi connectivity index (χ0) is 16.0. The number of carbonyl (C=O) groups is 2. The highest BCUT2D eigenvalue weighted by Crippen LogP contribution is 2.23. The number of carboxylic acids is 1. The van der Waals surface area contributed by atoms with Crippen molar-refractivity contribution in [3.63, 3.8) is 0 Å². The number of hydrogen-bond acceptors (Lipinski definition) is 3. The van der Waals surface area contributed by atoms with Gasteiger partial charge in [0.25, 0.3) is 0 Å². The van der Waals surface area contributed by atoms with Crippen molar-refractivity contribution in [1.82, 2.24) is 10.2 Å². The van der Waals surface area contributed by atoms with E-state index in [1.54, 1.807) is 17.9 Å². The molecule has 116 valence electrons. The molecule has 0 spiro atoms. The van der Waals surface area contributed by atoms with E-state index in [-0.39, 0.29) is 5.91 Å². The third kappa shape index (κ3) is 6.03. The molecule has 0 saturated carbocycles. The number of carbonyl (C=O) groups excluding carboxylic acids is 1. The molecule has 7 heteroatoms. The van der Waals surface area contributed by atoms with E-state index in [2.05, 4.69) is 21.2 Å². The Bertz CT molecular complexity index is 525. The van der Waals surface area contributed by atoms with Gasteiger partial charge in [-0.05, 0) is 24.6 Å². The standard InChI is InChI=1S/C14H18BrClN2O3/c1-9(14(20)21)18(6-5-17-10(2)19)8-11-3-4-12(15)7-13(11)16/h3-4,7,9H,5-6,8H2,1-2H3,(H,17,19)(H,20,21). The van der Waals surface area contributed by atoms with Gasteiger partial charge in [-0.15, -0.1) is 0 Å². The Labute approximate surface area is 137 Å². The van der Waals surface area contributed by atoms with Crippen molar-refractivity contribution >= 4 is 39.4 Å². The van der Waals surface area contributed by atoms with E-state index in [1.165, 1.54) is 6.92 Å². The number of aliphatic carboxylic acids is 1. The summed E-state index contributed by atoms with van der Waals surface area (Å²) in [7, 11) is 0. The number of halogens is 2. The average Bonchev–Trinajstić information content (AvgIpc) is 2.38. The van der Waals surface area contributed by atoms with Crippen LogP contribution in [-0.4, -0.2) is 41.0 Å². The number of rotatable bonds is 7. The fourth-order valence-electron chi connectivity index (χ4n) is 1.81. The first-order valence-electron chi connectivity index (χ1n) is 6.46. The second-order valence-corrected chi connectivity index (χ2v) is 6.03. The number of hydrogen-bond donors (Lipinski definition) is 2. The van der Waals surface area contributed by atoms with Crippen LogP contribution in [0.5, 0.6) is 0 Å². The van der Waals surface area contributed by atoms with Crippen LogP contribution in [0.15, 0.2) is 22.7 Å². The summed E-state index contributed by atoms with van der Waals surface area (Å²) in [5, 5.41) is 12.4. The van der Waals surface area contributed by atoms with Crippen LogP contribution >= 0.6 is 27.5 Å². The Morgan fingerprint density at radius 2 is 2.14 bits per heavy atom. The third-order valence-corrected chi connectivity index (χ3v) is 3.91. The van der Waals surface area contributed by atoms with Crippen LogP contribution < -0.4 is 5.32 Å². The minimum Gasteiger partial charge on any atom is -0.480 e. The number of nitrogens with one attached hydrogen (secondary N) is 1. The molecule has 0 aliphatic carbocycles. The van der Waals surface area contributed by atoms with Crippen molar-refractivity contribution in [3.05, 3.63) is 33.3 Å². The van der Waals surface area contributed by atoms with E-state index in [4.69, 9.17) is 11.6 Å². The molecular formula is C14H18BrClN2O3. The Hall–Kier alpha value is -1.11. The summed E-state index contributed by atoms with van der Waals surface area (Å²) in [5.74, 6) is -1.05. The molecular weight excluding hydrogens is 360 g/mol. The molecule has 1 atom stereocenters. The summed E-state index contributed by atoms with van der Waals surface area (Å²) in [6.45, 7) is 4.26. The molecule has 0 aliphatic heterocycles. The molecule has 0 aliphatic rings. The monoisotopic (exact) mass is 376 g/mol. The Morgan fingerprint density at radius 3 is 2.67 bits per heavy atom. The molecule has 1 rings (SSSR count). The fraction of sp³-hybridized carbons (Fsp3) is 0.429. The lowest BCUT2D eigenvalue weighted by Gasteiger charge is -2.26. The van der Waals surface area contributed by atoms with E-state index in [9.17, 15) is 14.7 Å². The summed E-state index contributed by atoms with van der Waals surface area (Å²) in [6, 6.07) is 4.82. The maximum atomic E-state index is 11.2. The van der Waals surface area contributed by atoms with Gasteiger partial charge in [0.15, 0.2) is 0 Å². The zero-order valence-corrected chi connectivity index (χ0v) is 14.2. The lowest BCUT2D eigenvalue weighted by molar-refractivity contribution is -0.142. The van der Waals surface area contributed by atoms with E-state index >= 15 is 0 Å². The van der Waals surface area contributed by atoms with E-state index < -0.39 is 12.0 Å². The van der Waals surface area contributed by atoms with Crippen LogP contribution in [0, 0.1) is 0 Å². The highest BCUT2D eigenvalue weighted by atomic mass is 79.9. The molecule has 1 aromatic rings. The number of amides is 1. The van der Waals surface area contributed by atoms with Crippen LogP contribution in [0.1, 0.15) is 19.4 Å². The SMILES string of the molecule is CC(=O)NCCN(Cc1ccc(Br)cc1Cl)C(C)C(=O)O. The smallest absolute Gasteiger partial charge is 0.320 e. The van der Waals surface area contributed by atoms with Gasteiger partial charge in [-0.25, -0.2) is 0 Å². The maximum absolute atomic E-state index is 11.2. The number of carboxylic acid groups (broad SMARTS) is 1. The topological polar surface area (TPSA) is 69.6 Å². The van der Waals surface area contributed by atoms with Crippen LogP contribution in [0.2, 0.25) is 5.02 Å². The Morgan fingerprint density at radius 1 is 1.48 bits per heavy atom. The van der Waals surface area contributed by atoms with Crippen molar-refractivity contribution < 1.29 is 14.7 Å². The van der Waals surface area contributed by atoms with Gasteiger partial charge in [-0.2, -0.15) is 0 Å². The van der Waals surface area contributed by atoms with E-state index in [0.717, 1.165) is 10.0 Å². The molecule has 0 saturated heterocycles. The maximum Gasteiger partial charge on any atom is 0.320 e. The molecule has 21 heavy (non-hydrogen) atoms. The van der Waals surface area contributed by atoms with Gasteiger partial charge < -0.3 is 10.4 Å². The largest absolute Gasteiger partial charge is 0.480 e. The highest BCUT2D eigenvalue weighted by molar-refractivity contribution is 9.10. The molecule has 0 fully saturated rings. The minimum atomic E-state index is -0.911. The lowest BCUT2D eigenvalue weighted by atomic mass is 10.1. The normalized spacial score (nSPS) is 12.2. The van der Waals surface area contributed by atoms with Crippen molar-refractivity contribution in [2.45, 2.75) is 26.4 Å². The van der Waals surface area contributed by atoms with Gasteiger partial charge in [0.2, 0.25) is 5.91 Å². The molecule has 0 bridgehead atoms. The summed E-state index contributed by atoms with van der Waals surface area (Å²) in [6.07, 6.45) is 0. The summed E-state index contributed by atoms with van der Waals surface area (Å²) < 4.78 is 0.868. The minimum absolute atomic E-state index is 0.139. The first-order chi connectivity index (χ1) is 9.81. The molecule has 5 nitrogen and oxygen atoms in total.